The van der Waals surface area contributed by atoms with Crippen molar-refractivity contribution in [2.45, 2.75) is 24.2 Å². The molecule has 0 bridgehead atoms. The van der Waals surface area contributed by atoms with Gasteiger partial charge in [0.25, 0.3) is 0 Å². The highest BCUT2D eigenvalue weighted by Gasteiger charge is 2.14. The second-order valence-corrected chi connectivity index (χ2v) is 6.37. The van der Waals surface area contributed by atoms with Crippen LogP contribution in [0, 0.1) is 0 Å². The van der Waals surface area contributed by atoms with E-state index in [2.05, 4.69) is 64.1 Å². The van der Waals surface area contributed by atoms with E-state index in [1.165, 1.54) is 0 Å². The molecule has 0 spiro atoms. The van der Waals surface area contributed by atoms with Crippen LogP contribution in [0.1, 0.15) is 29.9 Å². The lowest BCUT2D eigenvalue weighted by atomic mass is 10.2. The standard InChI is InChI=1S/C14H19IN4/c1-4-7-18(8-5-2)13-10-12(11(3)15)17-19-9-6-16-14(13)19/h4,6,9-11H,1,5,7-8H2,2-3H3. The number of imidazole rings is 1. The van der Waals surface area contributed by atoms with Gasteiger partial charge < -0.3 is 4.90 Å². The van der Waals surface area contributed by atoms with Crippen LogP contribution >= 0.6 is 22.6 Å². The van der Waals surface area contributed by atoms with Crippen LogP contribution in [0.5, 0.6) is 0 Å². The van der Waals surface area contributed by atoms with Crippen LogP contribution in [0.3, 0.4) is 0 Å². The highest BCUT2D eigenvalue weighted by atomic mass is 127. The van der Waals surface area contributed by atoms with Crippen LogP contribution in [0.2, 0.25) is 0 Å². The summed E-state index contributed by atoms with van der Waals surface area (Å²) in [7, 11) is 0. The number of aromatic nitrogens is 3. The lowest BCUT2D eigenvalue weighted by Crippen LogP contribution is -2.25. The maximum absolute atomic E-state index is 4.59. The summed E-state index contributed by atoms with van der Waals surface area (Å²) < 4.78 is 2.24. The minimum absolute atomic E-state index is 0.371. The zero-order valence-corrected chi connectivity index (χ0v) is 13.5. The predicted octanol–water partition coefficient (Wildman–Crippen LogP) is 3.63. The fourth-order valence-corrected chi connectivity index (χ4v) is 2.39. The van der Waals surface area contributed by atoms with Crippen LogP contribution in [-0.2, 0) is 0 Å². The molecule has 102 valence electrons. The monoisotopic (exact) mass is 370 g/mol. The third-order valence-corrected chi connectivity index (χ3v) is 3.59. The van der Waals surface area contributed by atoms with Crippen molar-refractivity contribution in [3.63, 3.8) is 0 Å². The van der Waals surface area contributed by atoms with Crippen molar-refractivity contribution in [3.05, 3.63) is 36.8 Å². The van der Waals surface area contributed by atoms with Gasteiger partial charge >= 0.3 is 0 Å². The van der Waals surface area contributed by atoms with Gasteiger partial charge in [0.05, 0.1) is 15.3 Å². The number of halogens is 1. The molecule has 1 atom stereocenters. The molecule has 0 saturated carbocycles. The Hall–Kier alpha value is -1.11. The maximum Gasteiger partial charge on any atom is 0.177 e. The minimum Gasteiger partial charge on any atom is -0.365 e. The molecular formula is C14H19IN4. The largest absolute Gasteiger partial charge is 0.365 e. The molecule has 0 radical (unpaired) electrons. The van der Waals surface area contributed by atoms with E-state index in [-0.39, 0.29) is 0 Å². The van der Waals surface area contributed by atoms with Gasteiger partial charge in [0.15, 0.2) is 5.65 Å². The fraction of sp³-hybridized carbons (Fsp3) is 0.429. The Kier molecular flexibility index (Phi) is 4.79. The van der Waals surface area contributed by atoms with Crippen LogP contribution in [0.4, 0.5) is 5.69 Å². The average Bonchev–Trinajstić information content (AvgIpc) is 2.85. The molecule has 2 aromatic heterocycles. The predicted molar refractivity (Wildman–Crippen MR) is 88.1 cm³/mol. The Balaban J connectivity index is 2.54. The number of rotatable bonds is 6. The summed E-state index contributed by atoms with van der Waals surface area (Å²) in [5.41, 5.74) is 3.13. The van der Waals surface area contributed by atoms with Gasteiger partial charge in [-0.05, 0) is 19.4 Å². The number of hydrogen-bond donors (Lipinski definition) is 0. The highest BCUT2D eigenvalue weighted by Crippen LogP contribution is 2.27. The first-order valence-corrected chi connectivity index (χ1v) is 7.76. The lowest BCUT2D eigenvalue weighted by Gasteiger charge is -2.23. The van der Waals surface area contributed by atoms with Gasteiger partial charge in [-0.3, -0.25) is 0 Å². The zero-order chi connectivity index (χ0) is 13.8. The Bertz CT molecular complexity index is 562. The topological polar surface area (TPSA) is 33.4 Å². The molecule has 0 saturated heterocycles. The van der Waals surface area contributed by atoms with E-state index in [0.29, 0.717) is 3.92 Å². The van der Waals surface area contributed by atoms with Gasteiger partial charge in [-0.15, -0.1) is 6.58 Å². The Morgan fingerprint density at radius 1 is 1.58 bits per heavy atom. The number of hydrogen-bond acceptors (Lipinski definition) is 3. The number of alkyl halides is 1. The summed E-state index contributed by atoms with van der Waals surface area (Å²) in [6.45, 7) is 10.00. The first-order chi connectivity index (χ1) is 9.17. The molecular weight excluding hydrogens is 351 g/mol. The van der Waals surface area contributed by atoms with E-state index in [9.17, 15) is 0 Å². The summed E-state index contributed by atoms with van der Waals surface area (Å²) in [6, 6.07) is 2.15. The van der Waals surface area contributed by atoms with Crippen LogP contribution in [0.15, 0.2) is 31.1 Å². The van der Waals surface area contributed by atoms with E-state index < -0.39 is 0 Å². The van der Waals surface area contributed by atoms with Crippen molar-refractivity contribution in [1.29, 1.82) is 0 Å². The maximum atomic E-state index is 4.59. The molecule has 0 aliphatic rings. The molecule has 0 aliphatic heterocycles. The molecule has 0 fully saturated rings. The van der Waals surface area contributed by atoms with Gasteiger partial charge in [0, 0.05) is 25.5 Å². The van der Waals surface area contributed by atoms with Crippen molar-refractivity contribution >= 4 is 33.9 Å². The molecule has 19 heavy (non-hydrogen) atoms. The van der Waals surface area contributed by atoms with Crippen LogP contribution < -0.4 is 4.90 Å². The van der Waals surface area contributed by atoms with Gasteiger partial charge in [-0.25, -0.2) is 9.50 Å². The highest BCUT2D eigenvalue weighted by molar-refractivity contribution is 14.1. The molecule has 0 N–H and O–H groups in total. The van der Waals surface area contributed by atoms with Crippen molar-refractivity contribution in [2.24, 2.45) is 0 Å². The molecule has 2 heterocycles. The minimum atomic E-state index is 0.371. The molecule has 2 aromatic rings. The Morgan fingerprint density at radius 2 is 2.37 bits per heavy atom. The first-order valence-electron chi connectivity index (χ1n) is 6.51. The molecule has 2 rings (SSSR count). The van der Waals surface area contributed by atoms with Crippen molar-refractivity contribution < 1.29 is 0 Å². The van der Waals surface area contributed by atoms with Gasteiger partial charge in [0.1, 0.15) is 0 Å². The molecule has 0 aromatic carbocycles. The summed E-state index contributed by atoms with van der Waals surface area (Å²) in [4.78, 5) is 6.73. The summed E-state index contributed by atoms with van der Waals surface area (Å²) in [6.07, 6.45) is 6.73. The number of fused-ring (bicyclic) bond motifs is 1. The fourth-order valence-electron chi connectivity index (χ4n) is 2.08. The zero-order valence-electron chi connectivity index (χ0n) is 11.4. The van der Waals surface area contributed by atoms with Crippen molar-refractivity contribution in [3.8, 4) is 0 Å². The summed E-state index contributed by atoms with van der Waals surface area (Å²) in [5.74, 6) is 0. The summed E-state index contributed by atoms with van der Waals surface area (Å²) in [5, 5.41) is 4.59. The quantitative estimate of drug-likeness (QED) is 0.442. The van der Waals surface area contributed by atoms with Crippen molar-refractivity contribution in [2.75, 3.05) is 18.0 Å². The molecule has 1 unspecified atom stereocenters. The van der Waals surface area contributed by atoms with Gasteiger partial charge in [0.2, 0.25) is 0 Å². The molecule has 0 amide bonds. The van der Waals surface area contributed by atoms with Gasteiger partial charge in [-0.1, -0.05) is 35.6 Å². The lowest BCUT2D eigenvalue weighted by molar-refractivity contribution is 0.799. The Morgan fingerprint density at radius 3 is 3.00 bits per heavy atom. The summed E-state index contributed by atoms with van der Waals surface area (Å²) >= 11 is 2.39. The van der Waals surface area contributed by atoms with Crippen LogP contribution in [-0.4, -0.2) is 27.7 Å². The Labute approximate surface area is 127 Å². The molecule has 4 nitrogen and oxygen atoms in total. The number of anilines is 1. The van der Waals surface area contributed by atoms with Crippen molar-refractivity contribution in [1.82, 2.24) is 14.6 Å². The second kappa shape index (κ2) is 6.36. The normalized spacial score (nSPS) is 12.6. The third-order valence-electron chi connectivity index (χ3n) is 2.95. The molecule has 5 heteroatoms. The van der Waals surface area contributed by atoms with Gasteiger partial charge in [-0.2, -0.15) is 5.10 Å². The molecule has 0 aliphatic carbocycles. The van der Waals surface area contributed by atoms with Crippen LogP contribution in [0.25, 0.3) is 5.65 Å². The second-order valence-electron chi connectivity index (χ2n) is 4.50. The average molecular weight is 370 g/mol. The smallest absolute Gasteiger partial charge is 0.177 e. The van der Waals surface area contributed by atoms with E-state index >= 15 is 0 Å². The van der Waals surface area contributed by atoms with E-state index in [4.69, 9.17) is 0 Å². The van der Waals surface area contributed by atoms with E-state index in [1.54, 1.807) is 6.20 Å². The van der Waals surface area contributed by atoms with E-state index in [1.807, 2.05) is 16.8 Å². The SMILES string of the molecule is C=CCN(CCC)c1cc(C(C)I)nn2ccnc12. The first kappa shape index (κ1) is 14.3. The van der Waals surface area contributed by atoms with E-state index in [0.717, 1.165) is 36.5 Å². The number of nitrogens with zero attached hydrogens (tertiary/aromatic N) is 4. The third kappa shape index (κ3) is 3.08.